The zero-order valence-corrected chi connectivity index (χ0v) is 12.7. The Morgan fingerprint density at radius 2 is 2.00 bits per heavy atom. The quantitative estimate of drug-likeness (QED) is 0.771. The molecule has 5 heteroatoms. The molecule has 0 aromatic carbocycles. The standard InChI is InChI=1S/C14H27NO3S/c1-2-12-4-3-6-14(16,7-5-12)13(10-15)8-9-19(17,18)11-13/h12,16H,2-11,15H2,1H3. The SMILES string of the molecule is CCC1CCCC(O)(C2(CN)CCS(=O)(=O)C2)CC1. The highest BCUT2D eigenvalue weighted by Gasteiger charge is 2.55. The summed E-state index contributed by atoms with van der Waals surface area (Å²) in [5.41, 5.74) is 4.42. The molecule has 3 atom stereocenters. The molecule has 3 unspecified atom stereocenters. The van der Waals surface area contributed by atoms with Gasteiger partial charge in [0.25, 0.3) is 0 Å². The molecule has 1 heterocycles. The summed E-state index contributed by atoms with van der Waals surface area (Å²) in [6, 6.07) is 0. The van der Waals surface area contributed by atoms with Gasteiger partial charge in [-0.25, -0.2) is 8.42 Å². The molecule has 0 amide bonds. The molecular formula is C14H27NO3S. The van der Waals surface area contributed by atoms with Crippen LogP contribution in [0.2, 0.25) is 0 Å². The van der Waals surface area contributed by atoms with E-state index in [0.29, 0.717) is 25.2 Å². The fraction of sp³-hybridized carbons (Fsp3) is 1.00. The van der Waals surface area contributed by atoms with Crippen LogP contribution in [0.3, 0.4) is 0 Å². The fourth-order valence-corrected chi connectivity index (χ4v) is 6.19. The summed E-state index contributed by atoms with van der Waals surface area (Å²) in [7, 11) is -3.02. The lowest BCUT2D eigenvalue weighted by Gasteiger charge is -2.43. The molecule has 2 rings (SSSR count). The van der Waals surface area contributed by atoms with Crippen molar-refractivity contribution >= 4 is 9.84 Å². The average Bonchev–Trinajstić information content (AvgIpc) is 2.57. The summed E-state index contributed by atoms with van der Waals surface area (Å²) in [4.78, 5) is 0. The third-order valence-corrected chi connectivity index (χ3v) is 7.33. The molecule has 0 bridgehead atoms. The largest absolute Gasteiger partial charge is 0.389 e. The normalized spacial score (nSPS) is 43.0. The summed E-state index contributed by atoms with van der Waals surface area (Å²) in [6.45, 7) is 2.47. The molecule has 0 spiro atoms. The van der Waals surface area contributed by atoms with Crippen molar-refractivity contribution in [2.75, 3.05) is 18.1 Å². The molecule has 3 N–H and O–H groups in total. The number of aliphatic hydroxyl groups is 1. The second-order valence-electron chi connectivity index (χ2n) is 6.56. The van der Waals surface area contributed by atoms with Gasteiger partial charge in [-0.15, -0.1) is 0 Å². The van der Waals surface area contributed by atoms with Crippen LogP contribution in [-0.4, -0.2) is 37.2 Å². The molecule has 1 aliphatic heterocycles. The fourth-order valence-electron chi connectivity index (χ4n) is 3.97. The highest BCUT2D eigenvalue weighted by molar-refractivity contribution is 7.91. The van der Waals surface area contributed by atoms with Crippen LogP contribution in [0.15, 0.2) is 0 Å². The summed E-state index contributed by atoms with van der Waals surface area (Å²) in [5, 5.41) is 11.1. The molecule has 2 aliphatic rings. The van der Waals surface area contributed by atoms with E-state index in [0.717, 1.165) is 25.7 Å². The highest BCUT2D eigenvalue weighted by Crippen LogP contribution is 2.48. The van der Waals surface area contributed by atoms with Crippen LogP contribution in [0, 0.1) is 11.3 Å². The van der Waals surface area contributed by atoms with Crippen molar-refractivity contribution in [3.8, 4) is 0 Å². The zero-order valence-electron chi connectivity index (χ0n) is 11.9. The summed E-state index contributed by atoms with van der Waals surface area (Å²) in [5.74, 6) is 0.926. The Labute approximate surface area is 116 Å². The lowest BCUT2D eigenvalue weighted by Crippen LogP contribution is -2.53. The van der Waals surface area contributed by atoms with E-state index >= 15 is 0 Å². The molecule has 4 nitrogen and oxygen atoms in total. The molecule has 19 heavy (non-hydrogen) atoms. The zero-order chi connectivity index (χ0) is 14.1. The van der Waals surface area contributed by atoms with Gasteiger partial charge in [0.15, 0.2) is 9.84 Å². The van der Waals surface area contributed by atoms with E-state index in [4.69, 9.17) is 5.73 Å². The first-order valence-electron chi connectivity index (χ1n) is 7.49. The van der Waals surface area contributed by atoms with E-state index in [9.17, 15) is 13.5 Å². The molecule has 0 aromatic rings. The first kappa shape index (κ1) is 15.3. The number of nitrogens with two attached hydrogens (primary N) is 1. The van der Waals surface area contributed by atoms with Crippen molar-refractivity contribution in [3.05, 3.63) is 0 Å². The smallest absolute Gasteiger partial charge is 0.151 e. The maximum atomic E-state index is 11.8. The van der Waals surface area contributed by atoms with Crippen LogP contribution in [0.5, 0.6) is 0 Å². The van der Waals surface area contributed by atoms with Crippen LogP contribution >= 0.6 is 0 Å². The Bertz CT molecular complexity index is 422. The van der Waals surface area contributed by atoms with Crippen molar-refractivity contribution in [2.45, 2.75) is 57.5 Å². The number of sulfone groups is 1. The van der Waals surface area contributed by atoms with Crippen LogP contribution < -0.4 is 5.73 Å². The van der Waals surface area contributed by atoms with Crippen LogP contribution in [0.1, 0.15) is 51.9 Å². The molecule has 112 valence electrons. The minimum atomic E-state index is -3.02. The van der Waals surface area contributed by atoms with E-state index in [1.54, 1.807) is 0 Å². The third-order valence-electron chi connectivity index (χ3n) is 5.51. The van der Waals surface area contributed by atoms with Gasteiger partial charge in [-0.1, -0.05) is 26.2 Å². The number of hydrogen-bond donors (Lipinski definition) is 2. The Balaban J connectivity index is 2.22. The van der Waals surface area contributed by atoms with E-state index in [1.807, 2.05) is 0 Å². The van der Waals surface area contributed by atoms with E-state index < -0.39 is 20.9 Å². The molecule has 1 saturated heterocycles. The summed E-state index contributed by atoms with van der Waals surface area (Å²) < 4.78 is 23.7. The van der Waals surface area contributed by atoms with Crippen molar-refractivity contribution in [1.82, 2.24) is 0 Å². The van der Waals surface area contributed by atoms with Gasteiger partial charge in [-0.2, -0.15) is 0 Å². The molecular weight excluding hydrogens is 262 g/mol. The van der Waals surface area contributed by atoms with Crippen molar-refractivity contribution in [3.63, 3.8) is 0 Å². The third kappa shape index (κ3) is 2.83. The van der Waals surface area contributed by atoms with Gasteiger partial charge in [0.1, 0.15) is 0 Å². The minimum absolute atomic E-state index is 0.0732. The van der Waals surface area contributed by atoms with Crippen LogP contribution in [0.4, 0.5) is 0 Å². The second-order valence-corrected chi connectivity index (χ2v) is 8.75. The van der Waals surface area contributed by atoms with Crippen molar-refractivity contribution in [2.24, 2.45) is 17.1 Å². The Morgan fingerprint density at radius 1 is 1.26 bits per heavy atom. The van der Waals surface area contributed by atoms with Gasteiger partial charge in [-0.3, -0.25) is 0 Å². The summed E-state index contributed by atoms with van der Waals surface area (Å²) in [6.07, 6.45) is 6.20. The Hall–Kier alpha value is -0.130. The second kappa shape index (κ2) is 5.34. The monoisotopic (exact) mass is 289 g/mol. The Kier molecular flexibility index (Phi) is 4.29. The maximum Gasteiger partial charge on any atom is 0.151 e. The van der Waals surface area contributed by atoms with Gasteiger partial charge in [0.05, 0.1) is 17.1 Å². The lowest BCUT2D eigenvalue weighted by atomic mass is 9.67. The van der Waals surface area contributed by atoms with Gasteiger partial charge in [-0.05, 0) is 31.6 Å². The van der Waals surface area contributed by atoms with Crippen LogP contribution in [0.25, 0.3) is 0 Å². The summed E-state index contributed by atoms with van der Waals surface area (Å²) >= 11 is 0. The molecule has 1 aliphatic carbocycles. The molecule has 0 aromatic heterocycles. The van der Waals surface area contributed by atoms with Gasteiger partial charge < -0.3 is 10.8 Å². The van der Waals surface area contributed by atoms with Gasteiger partial charge >= 0.3 is 0 Å². The minimum Gasteiger partial charge on any atom is -0.389 e. The molecule has 1 saturated carbocycles. The maximum absolute atomic E-state index is 11.8. The van der Waals surface area contributed by atoms with E-state index in [2.05, 4.69) is 6.92 Å². The predicted octanol–water partition coefficient (Wildman–Crippen LogP) is 1.47. The number of rotatable bonds is 3. The average molecular weight is 289 g/mol. The molecule has 0 radical (unpaired) electrons. The first-order valence-corrected chi connectivity index (χ1v) is 9.31. The van der Waals surface area contributed by atoms with E-state index in [-0.39, 0.29) is 18.1 Å². The topological polar surface area (TPSA) is 80.4 Å². The lowest BCUT2D eigenvalue weighted by molar-refractivity contribution is -0.0799. The first-order chi connectivity index (χ1) is 8.86. The Morgan fingerprint density at radius 3 is 2.53 bits per heavy atom. The van der Waals surface area contributed by atoms with Crippen molar-refractivity contribution in [1.29, 1.82) is 0 Å². The van der Waals surface area contributed by atoms with Crippen LogP contribution in [-0.2, 0) is 9.84 Å². The van der Waals surface area contributed by atoms with Gasteiger partial charge in [0.2, 0.25) is 0 Å². The molecule has 2 fully saturated rings. The van der Waals surface area contributed by atoms with Crippen molar-refractivity contribution < 1.29 is 13.5 Å². The van der Waals surface area contributed by atoms with E-state index in [1.165, 1.54) is 0 Å². The number of hydrogen-bond acceptors (Lipinski definition) is 4. The highest BCUT2D eigenvalue weighted by atomic mass is 32.2. The predicted molar refractivity (Wildman–Crippen MR) is 76.6 cm³/mol. The van der Waals surface area contributed by atoms with Gasteiger partial charge in [0, 0.05) is 12.0 Å².